The topological polar surface area (TPSA) is 58.4 Å². The number of carbonyl (C=O) groups excluding carboxylic acids is 1. The molecule has 25 heavy (non-hydrogen) atoms. The fraction of sp³-hybridized carbons (Fsp3) is 0.467. The number of halogens is 4. The van der Waals surface area contributed by atoms with E-state index in [4.69, 9.17) is 0 Å². The van der Waals surface area contributed by atoms with E-state index in [9.17, 15) is 18.0 Å². The van der Waals surface area contributed by atoms with Crippen molar-refractivity contribution in [1.82, 2.24) is 15.4 Å². The van der Waals surface area contributed by atoms with E-state index in [-0.39, 0.29) is 35.6 Å². The van der Waals surface area contributed by atoms with Gasteiger partial charge in [-0.25, -0.2) is 0 Å². The average Bonchev–Trinajstić information content (AvgIpc) is 3.12. The first kappa shape index (κ1) is 19.7. The molecule has 0 bridgehead atoms. The Labute approximate surface area is 152 Å². The van der Waals surface area contributed by atoms with Crippen molar-refractivity contribution in [1.29, 1.82) is 0 Å². The van der Waals surface area contributed by atoms with E-state index in [1.165, 1.54) is 6.92 Å². The number of amides is 1. The van der Waals surface area contributed by atoms with Crippen LogP contribution >= 0.6 is 23.7 Å². The van der Waals surface area contributed by atoms with Crippen LogP contribution in [0.3, 0.4) is 0 Å². The summed E-state index contributed by atoms with van der Waals surface area (Å²) >= 11 is 1.13. The van der Waals surface area contributed by atoms with Gasteiger partial charge in [0, 0.05) is 31.2 Å². The van der Waals surface area contributed by atoms with Crippen molar-refractivity contribution in [2.24, 2.45) is 0 Å². The number of aromatic nitrogens is 1. The second kappa shape index (κ2) is 7.35. The van der Waals surface area contributed by atoms with Crippen LogP contribution in [-0.2, 0) is 6.18 Å². The van der Waals surface area contributed by atoms with E-state index < -0.39 is 11.9 Å². The number of rotatable bonds is 2. The number of nitrogens with one attached hydrogen (secondary N) is 1. The minimum absolute atomic E-state index is 0. The molecule has 0 aliphatic carbocycles. The summed E-state index contributed by atoms with van der Waals surface area (Å²) in [6.07, 6.45) is -4.58. The largest absolute Gasteiger partial charge is 0.452 e. The van der Waals surface area contributed by atoms with Gasteiger partial charge in [-0.05, 0) is 26.0 Å². The third-order valence-electron chi connectivity index (χ3n) is 3.99. The summed E-state index contributed by atoms with van der Waals surface area (Å²) in [6.45, 7) is 5.33. The zero-order valence-corrected chi connectivity index (χ0v) is 15.1. The van der Waals surface area contributed by atoms with Crippen molar-refractivity contribution in [3.63, 3.8) is 0 Å². The van der Waals surface area contributed by atoms with Gasteiger partial charge in [0.2, 0.25) is 5.76 Å². The fourth-order valence-corrected chi connectivity index (χ4v) is 3.69. The van der Waals surface area contributed by atoms with Gasteiger partial charge in [0.15, 0.2) is 0 Å². The lowest BCUT2D eigenvalue weighted by atomic mass is 10.2. The van der Waals surface area contributed by atoms with Crippen LogP contribution in [0.25, 0.3) is 10.6 Å². The Morgan fingerprint density at radius 1 is 1.44 bits per heavy atom. The molecular formula is C15H17ClF3N3O2S. The molecule has 1 aliphatic rings. The second-order valence-corrected chi connectivity index (χ2v) is 6.78. The Kier molecular flexibility index (Phi) is 5.80. The summed E-state index contributed by atoms with van der Waals surface area (Å²) in [7, 11) is 0. The highest BCUT2D eigenvalue weighted by molar-refractivity contribution is 7.17. The van der Waals surface area contributed by atoms with Gasteiger partial charge in [0.1, 0.15) is 5.69 Å². The summed E-state index contributed by atoms with van der Waals surface area (Å²) < 4.78 is 42.8. The van der Waals surface area contributed by atoms with Gasteiger partial charge < -0.3 is 14.7 Å². The van der Waals surface area contributed by atoms with Crippen LogP contribution in [0.5, 0.6) is 0 Å². The molecule has 1 amide bonds. The highest BCUT2D eigenvalue weighted by atomic mass is 35.5. The zero-order valence-electron chi connectivity index (χ0n) is 13.5. The average molecular weight is 396 g/mol. The molecule has 3 rings (SSSR count). The van der Waals surface area contributed by atoms with E-state index >= 15 is 0 Å². The quantitative estimate of drug-likeness (QED) is 0.844. The van der Waals surface area contributed by atoms with Crippen LogP contribution in [0, 0.1) is 6.92 Å². The number of hydrogen-bond acceptors (Lipinski definition) is 5. The smallest absolute Gasteiger partial charge is 0.351 e. The molecule has 1 saturated heterocycles. The van der Waals surface area contributed by atoms with Crippen LogP contribution in [0.15, 0.2) is 16.7 Å². The standard InChI is InChI=1S/C15H16F3N3O2S.ClH/c1-8-7-19-5-6-21(8)14(22)11-4-3-10(24-11)12-9(2)13(23-20-12)15(16,17)18;/h3-4,8,19H,5-7H2,1-2H3;1H/t8-;/m0./s1. The van der Waals surface area contributed by atoms with Gasteiger partial charge in [-0.1, -0.05) is 5.16 Å². The van der Waals surface area contributed by atoms with Gasteiger partial charge >= 0.3 is 6.18 Å². The molecule has 0 unspecified atom stereocenters. The van der Waals surface area contributed by atoms with Gasteiger partial charge in [0.25, 0.3) is 5.91 Å². The number of alkyl halides is 3. The maximum atomic E-state index is 12.8. The maximum absolute atomic E-state index is 12.8. The van der Waals surface area contributed by atoms with Crippen LogP contribution < -0.4 is 5.32 Å². The molecule has 1 fully saturated rings. The van der Waals surface area contributed by atoms with Crippen molar-refractivity contribution in [3.8, 4) is 10.6 Å². The SMILES string of the molecule is Cc1c(-c2ccc(C(=O)N3CCNC[C@@H]3C)s2)noc1C(F)(F)F.Cl. The number of carbonyl (C=O) groups is 1. The molecule has 0 spiro atoms. The zero-order chi connectivity index (χ0) is 17.5. The van der Waals surface area contributed by atoms with Crippen molar-refractivity contribution >= 4 is 29.7 Å². The Morgan fingerprint density at radius 2 is 2.16 bits per heavy atom. The third-order valence-corrected chi connectivity index (χ3v) is 5.07. The lowest BCUT2D eigenvalue weighted by molar-refractivity contribution is -0.156. The molecule has 1 aliphatic heterocycles. The van der Waals surface area contributed by atoms with Gasteiger partial charge in [0.05, 0.1) is 9.75 Å². The van der Waals surface area contributed by atoms with Crippen LogP contribution in [0.2, 0.25) is 0 Å². The van der Waals surface area contributed by atoms with Crippen molar-refractivity contribution in [3.05, 3.63) is 28.3 Å². The maximum Gasteiger partial charge on any atom is 0.452 e. The Bertz CT molecular complexity index is 760. The van der Waals surface area contributed by atoms with Gasteiger partial charge in [-0.15, -0.1) is 23.7 Å². The molecule has 10 heteroatoms. The molecule has 3 heterocycles. The molecular weight excluding hydrogens is 379 g/mol. The monoisotopic (exact) mass is 395 g/mol. The van der Waals surface area contributed by atoms with Gasteiger partial charge in [-0.3, -0.25) is 4.79 Å². The summed E-state index contributed by atoms with van der Waals surface area (Å²) in [5.41, 5.74) is 0.0543. The lowest BCUT2D eigenvalue weighted by Gasteiger charge is -2.33. The number of piperazine rings is 1. The summed E-state index contributed by atoms with van der Waals surface area (Å²) in [5.74, 6) is -1.22. The highest BCUT2D eigenvalue weighted by Crippen LogP contribution is 2.38. The molecule has 0 radical (unpaired) electrons. The molecule has 138 valence electrons. The number of nitrogens with zero attached hydrogens (tertiary/aromatic N) is 2. The number of thiophene rings is 1. The van der Waals surface area contributed by atoms with E-state index in [0.29, 0.717) is 16.3 Å². The highest BCUT2D eigenvalue weighted by Gasteiger charge is 2.39. The first-order chi connectivity index (χ1) is 11.3. The van der Waals surface area contributed by atoms with Crippen LogP contribution in [0.4, 0.5) is 13.2 Å². The molecule has 5 nitrogen and oxygen atoms in total. The van der Waals surface area contributed by atoms with Crippen molar-refractivity contribution < 1.29 is 22.5 Å². The van der Waals surface area contributed by atoms with E-state index in [0.717, 1.165) is 24.4 Å². The van der Waals surface area contributed by atoms with E-state index in [2.05, 4.69) is 15.0 Å². The predicted octanol–water partition coefficient (Wildman–Crippen LogP) is 3.59. The Hall–Kier alpha value is -1.58. The molecule has 2 aromatic heterocycles. The molecule has 1 N–H and O–H groups in total. The van der Waals surface area contributed by atoms with Crippen LogP contribution in [0.1, 0.15) is 27.9 Å². The first-order valence-corrected chi connectivity index (χ1v) is 8.26. The lowest BCUT2D eigenvalue weighted by Crippen LogP contribution is -2.52. The normalized spacial score (nSPS) is 18.1. The summed E-state index contributed by atoms with van der Waals surface area (Å²) in [6, 6.07) is 3.30. The second-order valence-electron chi connectivity index (χ2n) is 5.70. The summed E-state index contributed by atoms with van der Waals surface area (Å²) in [5, 5.41) is 6.74. The third kappa shape index (κ3) is 3.83. The van der Waals surface area contributed by atoms with E-state index in [1.54, 1.807) is 17.0 Å². The Morgan fingerprint density at radius 3 is 2.76 bits per heavy atom. The van der Waals surface area contributed by atoms with Crippen molar-refractivity contribution in [2.45, 2.75) is 26.1 Å². The van der Waals surface area contributed by atoms with Crippen LogP contribution in [-0.4, -0.2) is 41.6 Å². The van der Waals surface area contributed by atoms with Gasteiger partial charge in [-0.2, -0.15) is 13.2 Å². The summed E-state index contributed by atoms with van der Waals surface area (Å²) in [4.78, 5) is 15.3. The molecule has 2 aromatic rings. The molecule has 0 saturated carbocycles. The first-order valence-electron chi connectivity index (χ1n) is 7.44. The minimum Gasteiger partial charge on any atom is -0.351 e. The number of hydrogen-bond donors (Lipinski definition) is 1. The minimum atomic E-state index is -4.58. The molecule has 0 aromatic carbocycles. The molecule has 1 atom stereocenters. The van der Waals surface area contributed by atoms with Crippen molar-refractivity contribution in [2.75, 3.05) is 19.6 Å². The predicted molar refractivity (Wildman–Crippen MR) is 90.2 cm³/mol. The Balaban J connectivity index is 0.00000225. The fourth-order valence-electron chi connectivity index (χ4n) is 2.69. The van der Waals surface area contributed by atoms with E-state index in [1.807, 2.05) is 6.92 Å².